The monoisotopic (exact) mass is 383 g/mol. The molecule has 0 saturated heterocycles. The number of phenols is 1. The number of fused-ring (bicyclic) bond motifs is 3. The number of aryl methyl sites for hydroxylation is 1. The maximum Gasteiger partial charge on any atom is 0.187 e. The molecule has 136 valence electrons. The molecule has 28 heavy (non-hydrogen) atoms. The molecule has 1 heterocycles. The topological polar surface area (TPSA) is 29.5 Å². The lowest BCUT2D eigenvalue weighted by Crippen LogP contribution is -1.85. The van der Waals surface area contributed by atoms with Crippen molar-refractivity contribution in [2.75, 3.05) is 0 Å². The first kappa shape index (κ1) is 16.8. The van der Waals surface area contributed by atoms with Crippen LogP contribution in [0, 0.1) is 6.92 Å². The van der Waals surface area contributed by atoms with E-state index in [-0.39, 0.29) is 16.2 Å². The van der Waals surface area contributed by atoms with Gasteiger partial charge >= 0.3 is 0 Å². The third-order valence-electron chi connectivity index (χ3n) is 4.97. The Kier molecular flexibility index (Phi) is 4.03. The molecule has 0 radical (unpaired) electrons. The summed E-state index contributed by atoms with van der Waals surface area (Å²) in [6.07, 6.45) is 0. The lowest BCUT2D eigenvalue weighted by atomic mass is 10.2. The number of ether oxygens (including phenoxy) is 1. The van der Waals surface area contributed by atoms with E-state index in [4.69, 9.17) is 4.74 Å². The van der Waals surface area contributed by atoms with E-state index in [2.05, 4.69) is 60.7 Å². The number of aromatic hydroxyl groups is 1. The first-order valence-electron chi connectivity index (χ1n) is 9.21. The van der Waals surface area contributed by atoms with E-state index < -0.39 is 0 Å². The molecule has 0 fully saturated rings. The van der Waals surface area contributed by atoms with E-state index >= 15 is 0 Å². The molecule has 0 spiro atoms. The summed E-state index contributed by atoms with van der Waals surface area (Å²) in [5.41, 5.74) is 0.801. The van der Waals surface area contributed by atoms with Crippen LogP contribution in [0.1, 0.15) is 5.56 Å². The predicted octanol–water partition coefficient (Wildman–Crippen LogP) is 7.54. The highest BCUT2D eigenvalue weighted by Gasteiger charge is 2.22. The number of hydrogen-bond acceptors (Lipinski definition) is 2. The number of rotatable bonds is 3. The summed E-state index contributed by atoms with van der Waals surface area (Å²) in [5, 5.41) is 12.3. The summed E-state index contributed by atoms with van der Waals surface area (Å²) < 4.78 is 8.72. The molecule has 4 aromatic carbocycles. The maximum atomic E-state index is 9.67. The van der Waals surface area contributed by atoms with Gasteiger partial charge in [-0.1, -0.05) is 24.3 Å². The molecule has 0 atom stereocenters. The largest absolute Gasteiger partial charge is 0.508 e. The molecule has 1 aromatic heterocycles. The molecule has 0 amide bonds. The second-order valence-electron chi connectivity index (χ2n) is 6.82. The molecule has 5 rings (SSSR count). The standard InChI is InChI=1S/C25H18O2S/c1-17-16-19(12-15-23(17)26)27-18-10-13-20(14-11-18)28-24-8-4-2-6-21(24)22-7-3-5-9-25(22)28/h2-16H,1H3/p+1. The Labute approximate surface area is 166 Å². The molecular weight excluding hydrogens is 364 g/mol. The SMILES string of the molecule is Cc1cc(Oc2ccc(-[s+]3c4ccccc4c4ccccc43)cc2)ccc1O. The first-order valence-corrected chi connectivity index (χ1v) is 10.4. The van der Waals surface area contributed by atoms with Gasteiger partial charge < -0.3 is 9.84 Å². The smallest absolute Gasteiger partial charge is 0.187 e. The van der Waals surface area contributed by atoms with Crippen molar-refractivity contribution in [3.05, 3.63) is 96.6 Å². The summed E-state index contributed by atoms with van der Waals surface area (Å²) in [6.45, 7) is 1.86. The van der Waals surface area contributed by atoms with Crippen molar-refractivity contribution in [2.24, 2.45) is 0 Å². The Morgan fingerprint density at radius 2 is 1.25 bits per heavy atom. The highest BCUT2D eigenvalue weighted by atomic mass is 32.2. The minimum atomic E-state index is -0.0907. The molecule has 0 aliphatic rings. The lowest BCUT2D eigenvalue weighted by Gasteiger charge is -2.07. The third kappa shape index (κ3) is 2.81. The van der Waals surface area contributed by atoms with Gasteiger partial charge in [0.15, 0.2) is 14.3 Å². The van der Waals surface area contributed by atoms with E-state index in [1.54, 1.807) is 12.1 Å². The Morgan fingerprint density at radius 1 is 0.679 bits per heavy atom. The van der Waals surface area contributed by atoms with Crippen molar-refractivity contribution in [3.63, 3.8) is 0 Å². The van der Waals surface area contributed by atoms with Crippen LogP contribution in [-0.4, -0.2) is 5.11 Å². The predicted molar refractivity (Wildman–Crippen MR) is 118 cm³/mol. The summed E-state index contributed by atoms with van der Waals surface area (Å²) in [6, 6.07) is 31.0. The fourth-order valence-corrected chi connectivity index (χ4v) is 5.96. The zero-order valence-corrected chi connectivity index (χ0v) is 16.2. The second kappa shape index (κ2) is 6.70. The van der Waals surface area contributed by atoms with Crippen molar-refractivity contribution >= 4 is 30.6 Å². The van der Waals surface area contributed by atoms with Crippen molar-refractivity contribution in [1.82, 2.24) is 0 Å². The average Bonchev–Trinajstić information content (AvgIpc) is 3.06. The summed E-state index contributed by atoms with van der Waals surface area (Å²) in [5.74, 6) is 1.79. The van der Waals surface area contributed by atoms with E-state index in [9.17, 15) is 5.11 Å². The van der Waals surface area contributed by atoms with Crippen LogP contribution in [-0.2, 0) is 0 Å². The van der Waals surface area contributed by atoms with Gasteiger partial charge in [-0.15, -0.1) is 0 Å². The minimum absolute atomic E-state index is 0.0907. The van der Waals surface area contributed by atoms with Crippen molar-refractivity contribution < 1.29 is 9.84 Å². The van der Waals surface area contributed by atoms with Gasteiger partial charge in [0, 0.05) is 33.4 Å². The Morgan fingerprint density at radius 3 is 1.86 bits per heavy atom. The van der Waals surface area contributed by atoms with Crippen molar-refractivity contribution in [2.45, 2.75) is 6.92 Å². The van der Waals surface area contributed by atoms with Crippen LogP contribution in [0.3, 0.4) is 0 Å². The van der Waals surface area contributed by atoms with Crippen LogP contribution in [0.5, 0.6) is 17.2 Å². The van der Waals surface area contributed by atoms with Crippen LogP contribution in [0.2, 0.25) is 0 Å². The molecule has 5 aromatic rings. The van der Waals surface area contributed by atoms with Gasteiger partial charge in [0.25, 0.3) is 0 Å². The number of thiophene rings is 1. The quantitative estimate of drug-likeness (QED) is 0.326. The van der Waals surface area contributed by atoms with Crippen LogP contribution in [0.25, 0.3) is 25.1 Å². The van der Waals surface area contributed by atoms with Crippen molar-refractivity contribution in [3.8, 4) is 22.1 Å². The van der Waals surface area contributed by atoms with Crippen LogP contribution >= 0.6 is 10.5 Å². The summed E-state index contributed by atoms with van der Waals surface area (Å²) in [7, 11) is -0.0907. The van der Waals surface area contributed by atoms with Gasteiger partial charge in [0.05, 0.1) is 0 Å². The molecule has 3 heteroatoms. The average molecular weight is 383 g/mol. The molecule has 2 nitrogen and oxygen atoms in total. The van der Waals surface area contributed by atoms with Crippen LogP contribution in [0.15, 0.2) is 91.0 Å². The first-order chi connectivity index (χ1) is 13.7. The van der Waals surface area contributed by atoms with Gasteiger partial charge in [0.1, 0.15) is 17.2 Å². The van der Waals surface area contributed by atoms with E-state index in [0.29, 0.717) is 0 Å². The molecular formula is C25H19O2S+. The molecule has 0 saturated carbocycles. The zero-order chi connectivity index (χ0) is 19.1. The van der Waals surface area contributed by atoms with Gasteiger partial charge in [-0.2, -0.15) is 0 Å². The zero-order valence-electron chi connectivity index (χ0n) is 15.4. The molecule has 1 N–H and O–H groups in total. The number of benzene rings is 4. The third-order valence-corrected chi connectivity index (χ3v) is 7.30. The van der Waals surface area contributed by atoms with E-state index in [1.807, 2.05) is 25.1 Å². The van der Waals surface area contributed by atoms with E-state index in [0.717, 1.165) is 17.1 Å². The van der Waals surface area contributed by atoms with Crippen LogP contribution < -0.4 is 4.74 Å². The Balaban J connectivity index is 1.56. The highest BCUT2D eigenvalue weighted by Crippen LogP contribution is 2.48. The molecule has 0 aliphatic carbocycles. The minimum Gasteiger partial charge on any atom is -0.508 e. The number of phenolic OH excluding ortho intramolecular Hbond substituents is 1. The second-order valence-corrected chi connectivity index (χ2v) is 8.78. The summed E-state index contributed by atoms with van der Waals surface area (Å²) in [4.78, 5) is 1.28. The van der Waals surface area contributed by atoms with Gasteiger partial charge in [0.2, 0.25) is 0 Å². The number of hydrogen-bond donors (Lipinski definition) is 1. The fraction of sp³-hybridized carbons (Fsp3) is 0.0400. The maximum absolute atomic E-state index is 9.67. The van der Waals surface area contributed by atoms with E-state index in [1.165, 1.54) is 25.1 Å². The van der Waals surface area contributed by atoms with Gasteiger partial charge in [-0.25, -0.2) is 0 Å². The Hall–Kier alpha value is -3.30. The highest BCUT2D eigenvalue weighted by molar-refractivity contribution is 7.50. The normalized spacial score (nSPS) is 11.2. The Bertz CT molecular complexity index is 1250. The molecule has 0 aliphatic heterocycles. The fourth-order valence-electron chi connectivity index (χ4n) is 3.58. The van der Waals surface area contributed by atoms with Crippen LogP contribution in [0.4, 0.5) is 0 Å². The lowest BCUT2D eigenvalue weighted by molar-refractivity contribution is 0.460. The van der Waals surface area contributed by atoms with Gasteiger partial charge in [-0.3, -0.25) is 0 Å². The van der Waals surface area contributed by atoms with Gasteiger partial charge in [-0.05, 0) is 67.1 Å². The summed E-state index contributed by atoms with van der Waals surface area (Å²) >= 11 is 0. The molecule has 0 unspecified atom stereocenters. The van der Waals surface area contributed by atoms with Crippen molar-refractivity contribution in [1.29, 1.82) is 0 Å². The molecule has 0 bridgehead atoms.